The van der Waals surface area contributed by atoms with Gasteiger partial charge in [-0.2, -0.15) is 0 Å². The molecule has 1 aromatic carbocycles. The van der Waals surface area contributed by atoms with Crippen molar-refractivity contribution in [1.29, 1.82) is 0 Å². The van der Waals surface area contributed by atoms with Crippen molar-refractivity contribution in [1.82, 2.24) is 5.32 Å². The molecular weight excluding hydrogens is 291 g/mol. The zero-order valence-corrected chi connectivity index (χ0v) is 11.5. The minimum atomic E-state index is -1.56. The van der Waals surface area contributed by atoms with Crippen LogP contribution in [0.25, 0.3) is 0 Å². The fraction of sp³-hybridized carbons (Fsp3) is 0.500. The van der Waals surface area contributed by atoms with Crippen molar-refractivity contribution in [2.24, 2.45) is 0 Å². The average Bonchev–Trinajstić information content (AvgIpc) is 2.44. The first-order chi connectivity index (χ1) is 9.49. The largest absolute Gasteiger partial charge is 0.352 e. The van der Waals surface area contributed by atoms with Gasteiger partial charge < -0.3 is 5.32 Å². The van der Waals surface area contributed by atoms with Crippen LogP contribution in [0.5, 0.6) is 0 Å². The predicted molar refractivity (Wildman–Crippen MR) is 69.9 cm³/mol. The molecule has 20 heavy (non-hydrogen) atoms. The standard InChI is InChI=1S/C14H15ClF3NO/c15-12(8-6-10(16)13(18)11(17)7-8)14(20)19-9-4-2-1-3-5-9/h6-7,9,12H,1-5H2,(H,19,20). The van der Waals surface area contributed by atoms with Crippen LogP contribution in [0.2, 0.25) is 0 Å². The van der Waals surface area contributed by atoms with E-state index in [0.717, 1.165) is 44.2 Å². The summed E-state index contributed by atoms with van der Waals surface area (Å²) in [6.45, 7) is 0. The molecule has 0 saturated heterocycles. The van der Waals surface area contributed by atoms with Crippen LogP contribution >= 0.6 is 11.6 Å². The van der Waals surface area contributed by atoms with E-state index in [4.69, 9.17) is 11.6 Å². The Morgan fingerprint density at radius 2 is 1.70 bits per heavy atom. The summed E-state index contributed by atoms with van der Waals surface area (Å²) < 4.78 is 39.1. The van der Waals surface area contributed by atoms with Crippen molar-refractivity contribution in [3.63, 3.8) is 0 Å². The quantitative estimate of drug-likeness (QED) is 0.667. The molecule has 1 amide bonds. The fourth-order valence-corrected chi connectivity index (χ4v) is 2.58. The average molecular weight is 306 g/mol. The number of alkyl halides is 1. The van der Waals surface area contributed by atoms with Gasteiger partial charge >= 0.3 is 0 Å². The van der Waals surface area contributed by atoms with Gasteiger partial charge in [0.15, 0.2) is 17.5 Å². The van der Waals surface area contributed by atoms with Crippen molar-refractivity contribution in [3.8, 4) is 0 Å². The van der Waals surface area contributed by atoms with E-state index in [1.165, 1.54) is 0 Å². The maximum atomic E-state index is 13.1. The topological polar surface area (TPSA) is 29.1 Å². The molecule has 110 valence electrons. The minimum Gasteiger partial charge on any atom is -0.352 e. The lowest BCUT2D eigenvalue weighted by atomic mass is 9.95. The highest BCUT2D eigenvalue weighted by Gasteiger charge is 2.24. The predicted octanol–water partition coefficient (Wildman–Crippen LogP) is 3.83. The first-order valence-electron chi connectivity index (χ1n) is 6.58. The van der Waals surface area contributed by atoms with Crippen LogP contribution in [-0.4, -0.2) is 11.9 Å². The Morgan fingerprint density at radius 3 is 2.25 bits per heavy atom. The van der Waals surface area contributed by atoms with Crippen LogP contribution in [0, 0.1) is 17.5 Å². The lowest BCUT2D eigenvalue weighted by Crippen LogP contribution is -2.38. The Balaban J connectivity index is 2.06. The highest BCUT2D eigenvalue weighted by atomic mass is 35.5. The van der Waals surface area contributed by atoms with Crippen LogP contribution < -0.4 is 5.32 Å². The molecular formula is C14H15ClF3NO. The van der Waals surface area contributed by atoms with E-state index in [-0.39, 0.29) is 11.6 Å². The molecule has 1 unspecified atom stereocenters. The summed E-state index contributed by atoms with van der Waals surface area (Å²) in [5.74, 6) is -4.78. The lowest BCUT2D eigenvalue weighted by Gasteiger charge is -2.24. The lowest BCUT2D eigenvalue weighted by molar-refractivity contribution is -0.121. The molecule has 1 atom stereocenters. The van der Waals surface area contributed by atoms with Gasteiger partial charge in [0.2, 0.25) is 5.91 Å². The van der Waals surface area contributed by atoms with Gasteiger partial charge in [-0.25, -0.2) is 13.2 Å². The minimum absolute atomic E-state index is 0.0487. The number of benzene rings is 1. The Kier molecular flexibility index (Phi) is 4.91. The maximum Gasteiger partial charge on any atom is 0.242 e. The van der Waals surface area contributed by atoms with E-state index in [2.05, 4.69) is 5.32 Å². The van der Waals surface area contributed by atoms with E-state index in [0.29, 0.717) is 0 Å². The molecule has 1 N–H and O–H groups in total. The van der Waals surface area contributed by atoms with Gasteiger partial charge in [0.25, 0.3) is 0 Å². The molecule has 0 aliphatic heterocycles. The zero-order valence-electron chi connectivity index (χ0n) is 10.8. The Labute approximate surface area is 120 Å². The Hall–Kier alpha value is -1.23. The molecule has 2 rings (SSSR count). The molecule has 1 saturated carbocycles. The molecule has 0 heterocycles. The van der Waals surface area contributed by atoms with Crippen molar-refractivity contribution >= 4 is 17.5 Å². The van der Waals surface area contributed by atoms with Crippen molar-refractivity contribution in [3.05, 3.63) is 35.1 Å². The maximum absolute atomic E-state index is 13.1. The molecule has 1 fully saturated rings. The smallest absolute Gasteiger partial charge is 0.242 e. The normalized spacial score (nSPS) is 17.8. The summed E-state index contributed by atoms with van der Waals surface area (Å²) in [6, 6.07) is 1.54. The van der Waals surface area contributed by atoms with Crippen LogP contribution in [-0.2, 0) is 4.79 Å². The van der Waals surface area contributed by atoms with Gasteiger partial charge in [-0.15, -0.1) is 11.6 Å². The first-order valence-corrected chi connectivity index (χ1v) is 7.01. The van der Waals surface area contributed by atoms with Crippen molar-refractivity contribution in [2.75, 3.05) is 0 Å². The number of carbonyl (C=O) groups is 1. The molecule has 1 aliphatic carbocycles. The van der Waals surface area contributed by atoms with E-state index in [1.54, 1.807) is 0 Å². The Bertz CT molecular complexity index is 480. The molecule has 1 aliphatic rings. The third-order valence-corrected chi connectivity index (χ3v) is 3.93. The second-order valence-corrected chi connectivity index (χ2v) is 5.44. The van der Waals surface area contributed by atoms with Gasteiger partial charge in [-0.3, -0.25) is 4.79 Å². The van der Waals surface area contributed by atoms with Gasteiger partial charge in [0.1, 0.15) is 5.38 Å². The summed E-state index contributed by atoms with van der Waals surface area (Å²) in [5, 5.41) is 1.53. The summed E-state index contributed by atoms with van der Waals surface area (Å²) in [6.07, 6.45) is 4.98. The highest BCUT2D eigenvalue weighted by molar-refractivity contribution is 6.30. The third-order valence-electron chi connectivity index (χ3n) is 3.48. The molecule has 0 radical (unpaired) electrons. The van der Waals surface area contributed by atoms with Crippen LogP contribution in [0.1, 0.15) is 43.0 Å². The summed E-state index contributed by atoms with van der Waals surface area (Å²) >= 11 is 5.90. The van der Waals surface area contributed by atoms with Gasteiger partial charge in [0, 0.05) is 6.04 Å². The van der Waals surface area contributed by atoms with E-state index in [9.17, 15) is 18.0 Å². The number of halogens is 4. The van der Waals surface area contributed by atoms with E-state index >= 15 is 0 Å². The molecule has 0 aromatic heterocycles. The molecule has 6 heteroatoms. The van der Waals surface area contributed by atoms with Gasteiger partial charge in [-0.1, -0.05) is 19.3 Å². The van der Waals surface area contributed by atoms with Gasteiger partial charge in [0.05, 0.1) is 0 Å². The van der Waals surface area contributed by atoms with E-state index in [1.807, 2.05) is 0 Å². The second-order valence-electron chi connectivity index (χ2n) is 5.00. The Morgan fingerprint density at radius 1 is 1.15 bits per heavy atom. The summed E-state index contributed by atoms with van der Waals surface area (Å²) in [7, 11) is 0. The fourth-order valence-electron chi connectivity index (χ4n) is 2.39. The highest BCUT2D eigenvalue weighted by Crippen LogP contribution is 2.25. The van der Waals surface area contributed by atoms with Crippen LogP contribution in [0.4, 0.5) is 13.2 Å². The second kappa shape index (κ2) is 6.48. The molecule has 0 bridgehead atoms. The number of nitrogens with one attached hydrogen (secondary N) is 1. The number of hydrogen-bond donors (Lipinski definition) is 1. The van der Waals surface area contributed by atoms with Crippen LogP contribution in [0.15, 0.2) is 12.1 Å². The number of carbonyl (C=O) groups excluding carboxylic acids is 1. The summed E-state index contributed by atoms with van der Waals surface area (Å²) in [4.78, 5) is 11.9. The van der Waals surface area contributed by atoms with Crippen molar-refractivity contribution in [2.45, 2.75) is 43.5 Å². The third kappa shape index (κ3) is 3.45. The van der Waals surface area contributed by atoms with Crippen LogP contribution in [0.3, 0.4) is 0 Å². The molecule has 2 nitrogen and oxygen atoms in total. The summed E-state index contributed by atoms with van der Waals surface area (Å²) in [5.41, 5.74) is -0.0867. The molecule has 1 aromatic rings. The van der Waals surface area contributed by atoms with Gasteiger partial charge in [-0.05, 0) is 30.5 Å². The number of hydrogen-bond acceptors (Lipinski definition) is 1. The molecule has 0 spiro atoms. The number of rotatable bonds is 3. The van der Waals surface area contributed by atoms with E-state index < -0.39 is 28.7 Å². The van der Waals surface area contributed by atoms with Crippen molar-refractivity contribution < 1.29 is 18.0 Å². The number of amides is 1. The SMILES string of the molecule is O=C(NC1CCCCC1)C(Cl)c1cc(F)c(F)c(F)c1. The monoisotopic (exact) mass is 305 g/mol. The first kappa shape index (κ1) is 15.2. The zero-order chi connectivity index (χ0) is 14.7.